The molecule has 3 rings (SSSR count). The van der Waals surface area contributed by atoms with Gasteiger partial charge in [-0.25, -0.2) is 0 Å². The normalized spacial score (nSPS) is 11.1. The summed E-state index contributed by atoms with van der Waals surface area (Å²) in [6, 6.07) is 15.9. The van der Waals surface area contributed by atoms with Crippen LogP contribution in [0.15, 0.2) is 48.5 Å². The molecule has 178 valence electrons. The van der Waals surface area contributed by atoms with Crippen molar-refractivity contribution in [2.75, 3.05) is 6.61 Å². The van der Waals surface area contributed by atoms with Gasteiger partial charge in [-0.3, -0.25) is 0 Å². The van der Waals surface area contributed by atoms with Crippen molar-refractivity contribution in [3.8, 4) is 26.9 Å². The van der Waals surface area contributed by atoms with Crippen molar-refractivity contribution in [2.24, 2.45) is 0 Å². The van der Waals surface area contributed by atoms with Crippen molar-refractivity contribution >= 4 is 22.9 Å². The van der Waals surface area contributed by atoms with E-state index in [4.69, 9.17) is 16.3 Å². The Morgan fingerprint density at radius 3 is 1.61 bits per heavy atom. The summed E-state index contributed by atoms with van der Waals surface area (Å²) in [5, 5.41) is 11.2. The van der Waals surface area contributed by atoms with Crippen molar-refractivity contribution < 1.29 is 4.74 Å². The average molecular weight is 485 g/mol. The van der Waals surface area contributed by atoms with E-state index in [0.29, 0.717) is 0 Å². The van der Waals surface area contributed by atoms with Crippen molar-refractivity contribution in [2.45, 2.75) is 84.0 Å². The number of benzene rings is 2. The van der Waals surface area contributed by atoms with Crippen molar-refractivity contribution in [1.82, 2.24) is 10.2 Å². The van der Waals surface area contributed by atoms with E-state index in [2.05, 4.69) is 29.3 Å². The van der Waals surface area contributed by atoms with Gasteiger partial charge in [-0.15, -0.1) is 10.2 Å². The van der Waals surface area contributed by atoms with E-state index in [-0.39, 0.29) is 0 Å². The summed E-state index contributed by atoms with van der Waals surface area (Å²) in [6.45, 7) is 3.07. The molecule has 0 atom stereocenters. The first-order chi connectivity index (χ1) is 16.3. The zero-order chi connectivity index (χ0) is 23.1. The highest BCUT2D eigenvalue weighted by Crippen LogP contribution is 2.31. The minimum Gasteiger partial charge on any atom is -0.494 e. The van der Waals surface area contributed by atoms with Crippen LogP contribution in [0.5, 0.6) is 5.75 Å². The second-order valence-corrected chi connectivity index (χ2v) is 10.1. The summed E-state index contributed by atoms with van der Waals surface area (Å²) in [7, 11) is 0. The maximum atomic E-state index is 5.97. The number of hydrogen-bond donors (Lipinski definition) is 0. The number of unbranched alkanes of at least 4 members (excludes halogenated alkanes) is 11. The maximum Gasteiger partial charge on any atom is 0.148 e. The molecular formula is C28H37ClN2OS. The summed E-state index contributed by atoms with van der Waals surface area (Å²) < 4.78 is 5.93. The lowest BCUT2D eigenvalue weighted by atomic mass is 10.1. The summed E-state index contributed by atoms with van der Waals surface area (Å²) in [4.78, 5) is 0. The first-order valence-electron chi connectivity index (χ1n) is 12.6. The lowest BCUT2D eigenvalue weighted by molar-refractivity contribution is 0.304. The van der Waals surface area contributed by atoms with Crippen molar-refractivity contribution in [3.05, 3.63) is 53.6 Å². The van der Waals surface area contributed by atoms with Gasteiger partial charge in [0.25, 0.3) is 0 Å². The van der Waals surface area contributed by atoms with Crippen LogP contribution < -0.4 is 4.74 Å². The Hall–Kier alpha value is -1.91. The van der Waals surface area contributed by atoms with Gasteiger partial charge in [-0.1, -0.05) is 113 Å². The minimum atomic E-state index is 0.725. The predicted octanol–water partition coefficient (Wildman–Crippen LogP) is 9.61. The van der Waals surface area contributed by atoms with E-state index in [1.165, 1.54) is 70.6 Å². The number of ether oxygens (including phenoxy) is 1. The lowest BCUT2D eigenvalue weighted by Gasteiger charge is -2.07. The fourth-order valence-corrected chi connectivity index (χ4v) is 4.86. The quantitative estimate of drug-likeness (QED) is 0.190. The topological polar surface area (TPSA) is 35.0 Å². The molecule has 3 nitrogen and oxygen atoms in total. The molecule has 2 aromatic carbocycles. The Labute approximate surface area is 208 Å². The van der Waals surface area contributed by atoms with E-state index >= 15 is 0 Å². The maximum absolute atomic E-state index is 5.97. The first-order valence-corrected chi connectivity index (χ1v) is 13.8. The molecule has 0 bridgehead atoms. The number of halogens is 1. The fraction of sp³-hybridized carbons (Fsp3) is 0.500. The van der Waals surface area contributed by atoms with Crippen molar-refractivity contribution in [3.63, 3.8) is 0 Å². The Balaban J connectivity index is 1.27. The molecule has 0 amide bonds. The highest BCUT2D eigenvalue weighted by Gasteiger charge is 2.09. The second kappa shape index (κ2) is 15.1. The molecule has 0 saturated carbocycles. The zero-order valence-electron chi connectivity index (χ0n) is 19.9. The summed E-state index contributed by atoms with van der Waals surface area (Å²) in [5.41, 5.74) is 2.09. The Kier molecular flexibility index (Phi) is 11.7. The van der Waals surface area contributed by atoms with Crippen LogP contribution in [0.25, 0.3) is 21.1 Å². The molecule has 0 aliphatic carbocycles. The standard InChI is InChI=1S/C28H37ClN2OS/c1-2-3-4-5-6-7-8-9-10-11-12-13-22-32-26-20-16-24(17-21-26)28-31-30-27(33-28)23-14-18-25(29)19-15-23/h14-21H,2-13,22H2,1H3. The molecule has 0 radical (unpaired) electrons. The number of aromatic nitrogens is 2. The van der Waals surface area contributed by atoms with Crippen LogP contribution in [-0.4, -0.2) is 16.8 Å². The summed E-state index contributed by atoms with van der Waals surface area (Å²) in [6.07, 6.45) is 16.3. The minimum absolute atomic E-state index is 0.725. The number of nitrogens with zero attached hydrogens (tertiary/aromatic N) is 2. The predicted molar refractivity (Wildman–Crippen MR) is 142 cm³/mol. The van der Waals surface area contributed by atoms with Gasteiger partial charge in [0, 0.05) is 16.1 Å². The first kappa shape index (κ1) is 25.7. The largest absolute Gasteiger partial charge is 0.494 e. The third kappa shape index (κ3) is 9.46. The third-order valence-corrected chi connectivity index (χ3v) is 7.16. The molecule has 3 aromatic rings. The fourth-order valence-electron chi connectivity index (χ4n) is 3.88. The zero-order valence-corrected chi connectivity index (χ0v) is 21.5. The molecular weight excluding hydrogens is 448 g/mol. The molecule has 0 spiro atoms. The second-order valence-electron chi connectivity index (χ2n) is 8.68. The van der Waals surface area contributed by atoms with E-state index in [9.17, 15) is 0 Å². The van der Waals surface area contributed by atoms with Crippen LogP contribution >= 0.6 is 22.9 Å². The molecule has 0 saturated heterocycles. The molecule has 0 aliphatic rings. The monoisotopic (exact) mass is 484 g/mol. The van der Waals surface area contributed by atoms with Gasteiger partial charge in [0.1, 0.15) is 15.8 Å². The number of rotatable bonds is 16. The molecule has 0 N–H and O–H groups in total. The van der Waals surface area contributed by atoms with Crippen LogP contribution in [0.4, 0.5) is 0 Å². The molecule has 1 heterocycles. The highest BCUT2D eigenvalue weighted by molar-refractivity contribution is 7.17. The van der Waals surface area contributed by atoms with Crippen LogP contribution in [0, 0.1) is 0 Å². The van der Waals surface area contributed by atoms with Gasteiger partial charge in [0.2, 0.25) is 0 Å². The Morgan fingerprint density at radius 2 is 1.09 bits per heavy atom. The van der Waals surface area contributed by atoms with E-state index in [1.807, 2.05) is 36.4 Å². The van der Waals surface area contributed by atoms with E-state index in [0.717, 1.165) is 44.9 Å². The summed E-state index contributed by atoms with van der Waals surface area (Å²) in [5.74, 6) is 0.921. The van der Waals surface area contributed by atoms with Crippen molar-refractivity contribution in [1.29, 1.82) is 0 Å². The molecule has 0 unspecified atom stereocenters. The van der Waals surface area contributed by atoms with E-state index < -0.39 is 0 Å². The number of hydrogen-bond acceptors (Lipinski definition) is 4. The summed E-state index contributed by atoms with van der Waals surface area (Å²) >= 11 is 7.55. The van der Waals surface area contributed by atoms with Gasteiger partial charge in [0.15, 0.2) is 0 Å². The Morgan fingerprint density at radius 1 is 0.636 bits per heavy atom. The average Bonchev–Trinajstić information content (AvgIpc) is 3.33. The third-order valence-electron chi connectivity index (χ3n) is 5.88. The van der Waals surface area contributed by atoms with Gasteiger partial charge in [-0.05, 0) is 42.8 Å². The van der Waals surface area contributed by atoms with Crippen LogP contribution in [0.3, 0.4) is 0 Å². The smallest absolute Gasteiger partial charge is 0.148 e. The Bertz CT molecular complexity index is 908. The SMILES string of the molecule is CCCCCCCCCCCCCCOc1ccc(-c2nnc(-c3ccc(Cl)cc3)s2)cc1. The molecule has 1 aromatic heterocycles. The highest BCUT2D eigenvalue weighted by atomic mass is 35.5. The van der Waals surface area contributed by atoms with Gasteiger partial charge in [0.05, 0.1) is 6.61 Å². The molecule has 33 heavy (non-hydrogen) atoms. The molecule has 0 aliphatic heterocycles. The lowest BCUT2D eigenvalue weighted by Crippen LogP contribution is -1.97. The van der Waals surface area contributed by atoms with E-state index in [1.54, 1.807) is 11.3 Å². The molecule has 5 heteroatoms. The van der Waals surface area contributed by atoms with Gasteiger partial charge >= 0.3 is 0 Å². The van der Waals surface area contributed by atoms with Gasteiger partial charge < -0.3 is 4.74 Å². The van der Waals surface area contributed by atoms with Crippen LogP contribution in [0.2, 0.25) is 5.02 Å². The van der Waals surface area contributed by atoms with Gasteiger partial charge in [-0.2, -0.15) is 0 Å². The molecule has 0 fully saturated rings. The van der Waals surface area contributed by atoms with Crippen LogP contribution in [-0.2, 0) is 0 Å². The van der Waals surface area contributed by atoms with Crippen LogP contribution in [0.1, 0.15) is 84.0 Å².